The second kappa shape index (κ2) is 7.30. The van der Waals surface area contributed by atoms with Crippen LogP contribution in [-0.4, -0.2) is 32.4 Å². The number of alkyl halides is 1. The fraction of sp³-hybridized carbons (Fsp3) is 0.385. The van der Waals surface area contributed by atoms with E-state index >= 15 is 0 Å². The number of hydrogen-bond donors (Lipinski definition) is 0. The molecule has 0 saturated heterocycles. The van der Waals surface area contributed by atoms with E-state index in [1.54, 1.807) is 19.1 Å². The molecule has 3 nitrogen and oxygen atoms in total. The number of halogens is 1. The van der Waals surface area contributed by atoms with E-state index in [0.29, 0.717) is 11.6 Å². The largest absolute Gasteiger partial charge is 0.493 e. The van der Waals surface area contributed by atoms with E-state index in [0.717, 1.165) is 5.56 Å². The summed E-state index contributed by atoms with van der Waals surface area (Å²) in [5.41, 5.74) is 0.851. The van der Waals surface area contributed by atoms with Gasteiger partial charge in [-0.2, -0.15) is 0 Å². The van der Waals surface area contributed by atoms with Crippen molar-refractivity contribution in [2.24, 2.45) is 0 Å². The van der Waals surface area contributed by atoms with Gasteiger partial charge in [0.1, 0.15) is 12.4 Å². The molecule has 0 saturated carbocycles. The summed E-state index contributed by atoms with van der Waals surface area (Å²) in [5.74, 6) is 6.74. The van der Waals surface area contributed by atoms with Gasteiger partial charge < -0.3 is 4.74 Å². The van der Waals surface area contributed by atoms with Crippen molar-refractivity contribution in [2.45, 2.75) is 6.92 Å². The minimum absolute atomic E-state index is 0.0390. The Kier molecular flexibility index (Phi) is 6.03. The van der Waals surface area contributed by atoms with Crippen LogP contribution >= 0.6 is 11.6 Å². The first-order valence-corrected chi connectivity index (χ1v) is 7.91. The van der Waals surface area contributed by atoms with Gasteiger partial charge in [-0.25, -0.2) is 8.42 Å². The standard InChI is InChI=1S/C13H15ClO3S/c1-2-18(15,16)11-10-17-13-7-5-12(6-8-13)4-3-9-14/h5-8H,2,9-11H2,1H3. The van der Waals surface area contributed by atoms with Crippen LogP contribution in [-0.2, 0) is 9.84 Å². The van der Waals surface area contributed by atoms with Crippen LogP contribution in [0.3, 0.4) is 0 Å². The van der Waals surface area contributed by atoms with Crippen LogP contribution in [0.15, 0.2) is 24.3 Å². The van der Waals surface area contributed by atoms with Crippen LogP contribution in [0.1, 0.15) is 12.5 Å². The molecule has 1 aromatic carbocycles. The van der Waals surface area contributed by atoms with Gasteiger partial charge in [0.2, 0.25) is 0 Å². The van der Waals surface area contributed by atoms with Crippen LogP contribution in [0.4, 0.5) is 0 Å². The Morgan fingerprint density at radius 2 is 1.94 bits per heavy atom. The molecule has 0 N–H and O–H groups in total. The highest BCUT2D eigenvalue weighted by molar-refractivity contribution is 7.91. The first-order valence-electron chi connectivity index (χ1n) is 5.55. The van der Waals surface area contributed by atoms with Crippen molar-refractivity contribution in [2.75, 3.05) is 24.0 Å². The molecule has 98 valence electrons. The summed E-state index contributed by atoms with van der Waals surface area (Å²) in [6.07, 6.45) is 0. The number of benzene rings is 1. The van der Waals surface area contributed by atoms with E-state index < -0.39 is 9.84 Å². The van der Waals surface area contributed by atoms with Crippen molar-refractivity contribution in [3.05, 3.63) is 29.8 Å². The molecule has 0 aromatic heterocycles. The molecule has 0 amide bonds. The van der Waals surface area contributed by atoms with Crippen molar-refractivity contribution >= 4 is 21.4 Å². The molecule has 5 heteroatoms. The van der Waals surface area contributed by atoms with Gasteiger partial charge in [-0.15, -0.1) is 11.6 Å². The lowest BCUT2D eigenvalue weighted by Crippen LogP contribution is -2.15. The molecule has 1 aromatic rings. The predicted molar refractivity (Wildman–Crippen MR) is 73.9 cm³/mol. The van der Waals surface area contributed by atoms with Crippen molar-refractivity contribution in [3.8, 4) is 17.6 Å². The van der Waals surface area contributed by atoms with E-state index in [-0.39, 0.29) is 18.1 Å². The smallest absolute Gasteiger partial charge is 0.153 e. The highest BCUT2D eigenvalue weighted by atomic mass is 35.5. The third-order valence-corrected chi connectivity index (χ3v) is 4.06. The maximum absolute atomic E-state index is 11.3. The molecular formula is C13H15ClO3S. The summed E-state index contributed by atoms with van der Waals surface area (Å²) in [6, 6.07) is 7.14. The van der Waals surface area contributed by atoms with Gasteiger partial charge in [0.25, 0.3) is 0 Å². The number of rotatable bonds is 5. The average Bonchev–Trinajstić information content (AvgIpc) is 2.38. The maximum atomic E-state index is 11.3. The highest BCUT2D eigenvalue weighted by Crippen LogP contribution is 2.11. The van der Waals surface area contributed by atoms with E-state index in [9.17, 15) is 8.42 Å². The Morgan fingerprint density at radius 1 is 1.28 bits per heavy atom. The van der Waals surface area contributed by atoms with Gasteiger partial charge in [-0.1, -0.05) is 18.8 Å². The zero-order valence-corrected chi connectivity index (χ0v) is 11.7. The first kappa shape index (κ1) is 14.9. The summed E-state index contributed by atoms with van der Waals surface area (Å²) in [7, 11) is -2.97. The Balaban J connectivity index is 2.49. The molecule has 1 rings (SSSR count). The molecule has 0 aliphatic heterocycles. The lowest BCUT2D eigenvalue weighted by Gasteiger charge is -2.05. The van der Waals surface area contributed by atoms with Crippen molar-refractivity contribution in [1.82, 2.24) is 0 Å². The van der Waals surface area contributed by atoms with Gasteiger partial charge in [0, 0.05) is 11.3 Å². The van der Waals surface area contributed by atoms with E-state index in [1.165, 1.54) is 0 Å². The van der Waals surface area contributed by atoms with Crippen LogP contribution in [0, 0.1) is 11.8 Å². The molecule has 0 aliphatic rings. The second-order valence-corrected chi connectivity index (χ2v) is 6.28. The molecular weight excluding hydrogens is 272 g/mol. The number of sulfone groups is 1. The van der Waals surface area contributed by atoms with Crippen molar-refractivity contribution < 1.29 is 13.2 Å². The summed E-state index contributed by atoms with van der Waals surface area (Å²) < 4.78 is 27.9. The Hall–Kier alpha value is -1.18. The van der Waals surface area contributed by atoms with Crippen LogP contribution in [0.5, 0.6) is 5.75 Å². The predicted octanol–water partition coefficient (Wildman–Crippen LogP) is 2.09. The van der Waals surface area contributed by atoms with Crippen LogP contribution in [0.25, 0.3) is 0 Å². The molecule has 0 atom stereocenters. The fourth-order valence-electron chi connectivity index (χ4n) is 1.20. The Labute approximate surface area is 113 Å². The maximum Gasteiger partial charge on any atom is 0.153 e. The second-order valence-electron chi connectivity index (χ2n) is 3.54. The third-order valence-electron chi connectivity index (χ3n) is 2.26. The lowest BCUT2D eigenvalue weighted by molar-refractivity contribution is 0.341. The van der Waals surface area contributed by atoms with Gasteiger partial charge in [0.05, 0.1) is 11.6 Å². The zero-order chi connectivity index (χ0) is 13.4. The van der Waals surface area contributed by atoms with Crippen LogP contribution < -0.4 is 4.74 Å². The Morgan fingerprint density at radius 3 is 2.50 bits per heavy atom. The molecule has 0 aliphatic carbocycles. The summed E-state index contributed by atoms with van der Waals surface area (Å²) >= 11 is 5.45. The van der Waals surface area contributed by atoms with E-state index in [4.69, 9.17) is 16.3 Å². The summed E-state index contributed by atoms with van der Waals surface area (Å²) in [5, 5.41) is 0. The molecule has 18 heavy (non-hydrogen) atoms. The summed E-state index contributed by atoms with van der Waals surface area (Å²) in [4.78, 5) is 0. The number of hydrogen-bond acceptors (Lipinski definition) is 3. The topological polar surface area (TPSA) is 43.4 Å². The average molecular weight is 287 g/mol. The van der Waals surface area contributed by atoms with Gasteiger partial charge >= 0.3 is 0 Å². The monoisotopic (exact) mass is 286 g/mol. The Bertz CT molecular complexity index is 524. The van der Waals surface area contributed by atoms with Crippen LogP contribution in [0.2, 0.25) is 0 Å². The quantitative estimate of drug-likeness (QED) is 0.615. The highest BCUT2D eigenvalue weighted by Gasteiger charge is 2.06. The van der Waals surface area contributed by atoms with Crippen molar-refractivity contribution in [3.63, 3.8) is 0 Å². The van der Waals surface area contributed by atoms with E-state index in [1.807, 2.05) is 12.1 Å². The van der Waals surface area contributed by atoms with Gasteiger partial charge in [-0.3, -0.25) is 0 Å². The van der Waals surface area contributed by atoms with Gasteiger partial charge in [-0.05, 0) is 24.3 Å². The minimum Gasteiger partial charge on any atom is -0.493 e. The normalized spacial score (nSPS) is 10.6. The molecule has 0 bridgehead atoms. The van der Waals surface area contributed by atoms with E-state index in [2.05, 4.69) is 11.8 Å². The minimum atomic E-state index is -2.97. The molecule has 0 spiro atoms. The SMILES string of the molecule is CCS(=O)(=O)CCOc1ccc(C#CCCl)cc1. The molecule has 0 fully saturated rings. The molecule has 0 radical (unpaired) electrons. The van der Waals surface area contributed by atoms with Gasteiger partial charge in [0.15, 0.2) is 9.84 Å². The van der Waals surface area contributed by atoms with Crippen molar-refractivity contribution in [1.29, 1.82) is 0 Å². The zero-order valence-electron chi connectivity index (χ0n) is 10.1. The third kappa shape index (κ3) is 5.44. The fourth-order valence-corrected chi connectivity index (χ4v) is 1.89. The summed E-state index contributed by atoms with van der Waals surface area (Å²) in [6.45, 7) is 1.79. The first-order chi connectivity index (χ1) is 8.57. The molecule has 0 unspecified atom stereocenters. The molecule has 0 heterocycles. The number of ether oxygens (including phenoxy) is 1. The lowest BCUT2D eigenvalue weighted by atomic mass is 10.2.